The highest BCUT2D eigenvalue weighted by Crippen LogP contribution is 2.18. The second-order valence-electron chi connectivity index (χ2n) is 7.33. The first-order valence-corrected chi connectivity index (χ1v) is 9.92. The van der Waals surface area contributed by atoms with Crippen LogP contribution < -0.4 is 4.90 Å². The van der Waals surface area contributed by atoms with Gasteiger partial charge in [-0.15, -0.1) is 0 Å². The number of nitrogens with zero attached hydrogens (tertiary/aromatic N) is 5. The maximum Gasteiger partial charge on any atom is 0.272 e. The summed E-state index contributed by atoms with van der Waals surface area (Å²) in [4.78, 5) is 28.0. The highest BCUT2D eigenvalue weighted by atomic mass is 16.2. The van der Waals surface area contributed by atoms with Crippen molar-refractivity contribution in [1.82, 2.24) is 19.8 Å². The quantitative estimate of drug-likeness (QED) is 0.812. The number of aromatic nitrogens is 2. The van der Waals surface area contributed by atoms with E-state index >= 15 is 0 Å². The monoisotopic (exact) mass is 365 g/mol. The van der Waals surface area contributed by atoms with Gasteiger partial charge in [-0.05, 0) is 24.8 Å². The molecule has 2 fully saturated rings. The van der Waals surface area contributed by atoms with Gasteiger partial charge in [-0.3, -0.25) is 9.69 Å². The number of hydrogen-bond acceptors (Lipinski definition) is 5. The summed E-state index contributed by atoms with van der Waals surface area (Å²) in [6.45, 7) is 6.44. The zero-order chi connectivity index (χ0) is 18.5. The molecule has 1 aromatic heterocycles. The molecule has 1 aromatic carbocycles. The highest BCUT2D eigenvalue weighted by molar-refractivity contribution is 5.93. The van der Waals surface area contributed by atoms with Gasteiger partial charge in [0.15, 0.2) is 0 Å². The SMILES string of the molecule is O=C(c1cc(N2CCCC2)ncn1)N1CCN(CCc2ccccc2)CC1. The number of rotatable bonds is 5. The molecular formula is C21H27N5O. The van der Waals surface area contributed by atoms with Crippen LogP contribution in [0.15, 0.2) is 42.7 Å². The fourth-order valence-corrected chi connectivity index (χ4v) is 3.85. The van der Waals surface area contributed by atoms with Crippen LogP contribution in [0, 0.1) is 0 Å². The van der Waals surface area contributed by atoms with E-state index in [1.165, 1.54) is 24.7 Å². The second kappa shape index (κ2) is 8.48. The Kier molecular flexibility index (Phi) is 5.63. The van der Waals surface area contributed by atoms with Gasteiger partial charge < -0.3 is 9.80 Å². The van der Waals surface area contributed by atoms with Crippen LogP contribution in [-0.4, -0.2) is 71.5 Å². The molecule has 2 saturated heterocycles. The Labute approximate surface area is 160 Å². The molecule has 0 unspecified atom stereocenters. The minimum Gasteiger partial charge on any atom is -0.357 e. The van der Waals surface area contributed by atoms with Crippen LogP contribution in [-0.2, 0) is 6.42 Å². The van der Waals surface area contributed by atoms with E-state index in [0.717, 1.165) is 58.1 Å². The van der Waals surface area contributed by atoms with E-state index in [1.54, 1.807) is 0 Å². The van der Waals surface area contributed by atoms with Crippen LogP contribution in [0.4, 0.5) is 5.82 Å². The number of anilines is 1. The summed E-state index contributed by atoms with van der Waals surface area (Å²) in [5, 5.41) is 0. The third-order valence-corrected chi connectivity index (χ3v) is 5.52. The van der Waals surface area contributed by atoms with Crippen LogP contribution in [0.25, 0.3) is 0 Å². The van der Waals surface area contributed by atoms with E-state index < -0.39 is 0 Å². The van der Waals surface area contributed by atoms with E-state index in [0.29, 0.717) is 5.69 Å². The van der Waals surface area contributed by atoms with Crippen molar-refractivity contribution in [2.24, 2.45) is 0 Å². The summed E-state index contributed by atoms with van der Waals surface area (Å²) in [6, 6.07) is 12.4. The van der Waals surface area contributed by atoms with Crippen LogP contribution >= 0.6 is 0 Å². The van der Waals surface area contributed by atoms with Gasteiger partial charge in [0.2, 0.25) is 0 Å². The minimum absolute atomic E-state index is 0.0283. The van der Waals surface area contributed by atoms with Gasteiger partial charge in [0, 0.05) is 51.9 Å². The fourth-order valence-electron chi connectivity index (χ4n) is 3.85. The van der Waals surface area contributed by atoms with Gasteiger partial charge >= 0.3 is 0 Å². The largest absolute Gasteiger partial charge is 0.357 e. The molecule has 2 aliphatic heterocycles. The molecule has 0 atom stereocenters. The Morgan fingerprint density at radius 2 is 1.67 bits per heavy atom. The maximum atomic E-state index is 12.9. The lowest BCUT2D eigenvalue weighted by Crippen LogP contribution is -2.49. The van der Waals surface area contributed by atoms with E-state index in [4.69, 9.17) is 0 Å². The van der Waals surface area contributed by atoms with Crippen molar-refractivity contribution < 1.29 is 4.79 Å². The Bertz CT molecular complexity index is 752. The van der Waals surface area contributed by atoms with Crippen molar-refractivity contribution in [2.45, 2.75) is 19.3 Å². The van der Waals surface area contributed by atoms with Gasteiger partial charge in [0.05, 0.1) is 0 Å². The van der Waals surface area contributed by atoms with Gasteiger partial charge in [-0.1, -0.05) is 30.3 Å². The predicted octanol–water partition coefficient (Wildman–Crippen LogP) is 2.08. The molecule has 0 bridgehead atoms. The number of carbonyl (C=O) groups is 1. The van der Waals surface area contributed by atoms with Gasteiger partial charge in [-0.2, -0.15) is 0 Å². The van der Waals surface area contributed by atoms with Gasteiger partial charge in [0.1, 0.15) is 17.8 Å². The molecule has 6 nitrogen and oxygen atoms in total. The number of benzene rings is 1. The van der Waals surface area contributed by atoms with Crippen molar-refractivity contribution in [1.29, 1.82) is 0 Å². The predicted molar refractivity (Wildman–Crippen MR) is 106 cm³/mol. The molecule has 0 radical (unpaired) electrons. The third kappa shape index (κ3) is 4.45. The maximum absolute atomic E-state index is 12.9. The number of piperazine rings is 1. The summed E-state index contributed by atoms with van der Waals surface area (Å²) in [6.07, 6.45) is 4.97. The molecule has 1 amide bonds. The van der Waals surface area contributed by atoms with Crippen LogP contribution in [0.5, 0.6) is 0 Å². The molecule has 27 heavy (non-hydrogen) atoms. The summed E-state index contributed by atoms with van der Waals surface area (Å²) in [5.74, 6) is 0.910. The second-order valence-corrected chi connectivity index (χ2v) is 7.33. The summed E-state index contributed by atoms with van der Waals surface area (Å²) in [7, 11) is 0. The lowest BCUT2D eigenvalue weighted by Gasteiger charge is -2.34. The molecule has 3 heterocycles. The van der Waals surface area contributed by atoms with Crippen LogP contribution in [0.2, 0.25) is 0 Å². The summed E-state index contributed by atoms with van der Waals surface area (Å²) >= 11 is 0. The minimum atomic E-state index is 0.0283. The van der Waals surface area contributed by atoms with E-state index in [-0.39, 0.29) is 5.91 Å². The van der Waals surface area contributed by atoms with Crippen LogP contribution in [0.3, 0.4) is 0 Å². The molecule has 0 spiro atoms. The zero-order valence-corrected chi connectivity index (χ0v) is 15.8. The van der Waals surface area contributed by atoms with E-state index in [1.807, 2.05) is 11.0 Å². The third-order valence-electron chi connectivity index (χ3n) is 5.52. The summed E-state index contributed by atoms with van der Waals surface area (Å²) in [5.41, 5.74) is 1.89. The smallest absolute Gasteiger partial charge is 0.272 e. The highest BCUT2D eigenvalue weighted by Gasteiger charge is 2.24. The molecule has 6 heteroatoms. The Hall–Kier alpha value is -2.47. The van der Waals surface area contributed by atoms with Crippen molar-refractivity contribution in [3.8, 4) is 0 Å². The first-order chi connectivity index (χ1) is 13.3. The average molecular weight is 365 g/mol. The molecular weight excluding hydrogens is 338 g/mol. The lowest BCUT2D eigenvalue weighted by molar-refractivity contribution is 0.0632. The van der Waals surface area contributed by atoms with Crippen LogP contribution in [0.1, 0.15) is 28.9 Å². The normalized spacial score (nSPS) is 18.1. The van der Waals surface area contributed by atoms with E-state index in [2.05, 4.69) is 50.1 Å². The summed E-state index contributed by atoms with van der Waals surface area (Å²) < 4.78 is 0. The topological polar surface area (TPSA) is 52.6 Å². The Balaban J connectivity index is 1.30. The lowest BCUT2D eigenvalue weighted by atomic mass is 10.1. The molecule has 2 aliphatic rings. The number of carbonyl (C=O) groups excluding carboxylic acids is 1. The average Bonchev–Trinajstić information content (AvgIpc) is 3.28. The molecule has 0 saturated carbocycles. The first kappa shape index (κ1) is 17.9. The van der Waals surface area contributed by atoms with Gasteiger partial charge in [-0.25, -0.2) is 9.97 Å². The molecule has 4 rings (SSSR count). The number of amides is 1. The van der Waals surface area contributed by atoms with Crippen molar-refractivity contribution in [3.63, 3.8) is 0 Å². The van der Waals surface area contributed by atoms with Gasteiger partial charge in [0.25, 0.3) is 5.91 Å². The molecule has 0 aliphatic carbocycles. The van der Waals surface area contributed by atoms with Crippen molar-refractivity contribution >= 4 is 11.7 Å². The van der Waals surface area contributed by atoms with Crippen molar-refractivity contribution in [3.05, 3.63) is 54.0 Å². The van der Waals surface area contributed by atoms with E-state index in [9.17, 15) is 4.79 Å². The molecule has 142 valence electrons. The fraction of sp³-hybridized carbons (Fsp3) is 0.476. The Morgan fingerprint density at radius 3 is 2.41 bits per heavy atom. The van der Waals surface area contributed by atoms with Crippen molar-refractivity contribution in [2.75, 3.05) is 50.7 Å². The Morgan fingerprint density at radius 1 is 0.926 bits per heavy atom. The molecule has 0 N–H and O–H groups in total. The number of hydrogen-bond donors (Lipinski definition) is 0. The molecule has 2 aromatic rings. The first-order valence-electron chi connectivity index (χ1n) is 9.92. The standard InChI is InChI=1S/C21H27N5O/c27-21(19-16-20(23-17-22-19)25-9-4-5-10-25)26-14-12-24(13-15-26)11-8-18-6-2-1-3-7-18/h1-3,6-7,16-17H,4-5,8-15H2. The zero-order valence-electron chi connectivity index (χ0n) is 15.8.